The number of nitrogens with one attached hydrogen (secondary N) is 3. The van der Waals surface area contributed by atoms with Crippen molar-refractivity contribution in [2.75, 3.05) is 19.6 Å². The number of fused-ring (bicyclic) bond motifs is 1. The Hall–Kier alpha value is -4.61. The van der Waals surface area contributed by atoms with Gasteiger partial charge in [-0.25, -0.2) is 9.37 Å². The molecule has 2 aromatic carbocycles. The summed E-state index contributed by atoms with van der Waals surface area (Å²) in [7, 11) is 0. The molecule has 3 aliphatic rings. The summed E-state index contributed by atoms with van der Waals surface area (Å²) in [4.78, 5) is 33.1. The fourth-order valence-electron chi connectivity index (χ4n) is 7.99. The number of amides is 2. The van der Waals surface area contributed by atoms with Crippen LogP contribution < -0.4 is 20.7 Å². The molecule has 2 aromatic heterocycles. The van der Waals surface area contributed by atoms with E-state index in [9.17, 15) is 14.0 Å². The summed E-state index contributed by atoms with van der Waals surface area (Å²) in [6.07, 6.45) is 9.13. The van der Waals surface area contributed by atoms with Crippen LogP contribution in [0.25, 0.3) is 11.1 Å². The van der Waals surface area contributed by atoms with Gasteiger partial charge in [0.1, 0.15) is 22.8 Å². The number of benzene rings is 2. The summed E-state index contributed by atoms with van der Waals surface area (Å²) in [5, 5.41) is 14.3. The summed E-state index contributed by atoms with van der Waals surface area (Å²) in [5.41, 5.74) is 4.97. The van der Waals surface area contributed by atoms with Crippen LogP contribution in [-0.2, 0) is 19.4 Å². The highest BCUT2D eigenvalue weighted by atomic mass is 19.1. The van der Waals surface area contributed by atoms with Crippen LogP contribution in [-0.4, -0.2) is 75.3 Å². The summed E-state index contributed by atoms with van der Waals surface area (Å²) >= 11 is 0. The van der Waals surface area contributed by atoms with Gasteiger partial charge in [0.25, 0.3) is 11.8 Å². The second-order valence-electron chi connectivity index (χ2n) is 14.9. The third kappa shape index (κ3) is 9.05. The van der Waals surface area contributed by atoms with E-state index in [1.165, 1.54) is 11.6 Å². The van der Waals surface area contributed by atoms with Gasteiger partial charge in [0.2, 0.25) is 5.88 Å². The second-order valence-corrected chi connectivity index (χ2v) is 14.9. The standard InChI is InChI=1S/C41H50FN7O3/c1-27-25-48(26-28(2)44-27)18-7-9-29-8-5-10-30(20-29)31-11-6-13-36(21-31)52-41-37(22-32(42)24-43-41)39(50)45-33-14-16-34(17-15-33)46-40(51)38-23-35-12-3-4-19-49(35)47-38/h5-6,8,10-11,13,20-24,27-28,33-34,44H,3-4,7,9,12,14-19,25-26H2,1-2H3,(H,45,50)(H,46,51)/t27-,28+,33?,34?. The van der Waals surface area contributed by atoms with E-state index in [-0.39, 0.29) is 29.4 Å². The number of carbonyl (C=O) groups is 2. The molecule has 11 heteroatoms. The van der Waals surface area contributed by atoms with Crippen LogP contribution in [0.3, 0.4) is 0 Å². The van der Waals surface area contributed by atoms with E-state index in [1.807, 2.05) is 35.0 Å². The Morgan fingerprint density at radius 1 is 0.904 bits per heavy atom. The van der Waals surface area contributed by atoms with Gasteiger partial charge in [-0.3, -0.25) is 14.3 Å². The normalized spacial score (nSPS) is 22.0. The predicted molar refractivity (Wildman–Crippen MR) is 199 cm³/mol. The number of carbonyl (C=O) groups excluding carboxylic acids is 2. The first kappa shape index (κ1) is 35.8. The van der Waals surface area contributed by atoms with Crippen LogP contribution in [0.4, 0.5) is 4.39 Å². The first-order valence-corrected chi connectivity index (χ1v) is 19.0. The number of piperazine rings is 1. The molecular weight excluding hydrogens is 657 g/mol. The molecule has 2 amide bonds. The van der Waals surface area contributed by atoms with Crippen LogP contribution in [0.1, 0.15) is 90.9 Å². The number of rotatable bonds is 11. The van der Waals surface area contributed by atoms with E-state index in [0.717, 1.165) is 94.1 Å². The van der Waals surface area contributed by atoms with Gasteiger partial charge in [-0.1, -0.05) is 36.4 Å². The zero-order valence-electron chi connectivity index (χ0n) is 30.2. The van der Waals surface area contributed by atoms with Crippen LogP contribution in [0.2, 0.25) is 0 Å². The Kier molecular flexibility index (Phi) is 11.3. The zero-order chi connectivity index (χ0) is 36.0. The van der Waals surface area contributed by atoms with Gasteiger partial charge in [0.15, 0.2) is 0 Å². The van der Waals surface area contributed by atoms with Crippen molar-refractivity contribution in [2.24, 2.45) is 0 Å². The molecule has 0 spiro atoms. The molecule has 1 aliphatic carbocycles. The van der Waals surface area contributed by atoms with Crippen LogP contribution in [0, 0.1) is 5.82 Å². The van der Waals surface area contributed by atoms with E-state index in [1.54, 1.807) is 0 Å². The van der Waals surface area contributed by atoms with Gasteiger partial charge < -0.3 is 25.6 Å². The molecule has 0 unspecified atom stereocenters. The molecule has 4 aromatic rings. The Balaban J connectivity index is 0.935. The van der Waals surface area contributed by atoms with E-state index in [4.69, 9.17) is 4.74 Å². The number of hydrogen-bond acceptors (Lipinski definition) is 7. The molecule has 1 saturated carbocycles. The van der Waals surface area contributed by atoms with Gasteiger partial charge in [0, 0.05) is 49.5 Å². The second kappa shape index (κ2) is 16.4. The molecule has 2 atom stereocenters. The van der Waals surface area contributed by atoms with Crippen molar-refractivity contribution in [3.8, 4) is 22.8 Å². The first-order valence-electron chi connectivity index (χ1n) is 19.0. The van der Waals surface area contributed by atoms with Crippen molar-refractivity contribution in [2.45, 2.75) is 102 Å². The topological polar surface area (TPSA) is 113 Å². The van der Waals surface area contributed by atoms with Crippen molar-refractivity contribution in [1.29, 1.82) is 0 Å². The summed E-state index contributed by atoms with van der Waals surface area (Å²) in [5.74, 6) is -0.648. The smallest absolute Gasteiger partial charge is 0.272 e. The molecule has 10 nitrogen and oxygen atoms in total. The SMILES string of the molecule is C[C@@H]1CN(CCCc2cccc(-c3cccc(Oc4ncc(F)cc4C(=O)NC4CCC(NC(=O)c5cc6n(n5)CCCC6)CC4)c3)c2)C[C@H](C)N1. The lowest BCUT2D eigenvalue weighted by Gasteiger charge is -2.36. The molecule has 7 rings (SSSR count). The maximum absolute atomic E-state index is 14.4. The van der Waals surface area contributed by atoms with E-state index >= 15 is 0 Å². The molecule has 2 fully saturated rings. The number of aryl methyl sites for hydroxylation is 3. The van der Waals surface area contributed by atoms with E-state index in [2.05, 4.69) is 69.0 Å². The molecule has 3 N–H and O–H groups in total. The van der Waals surface area contributed by atoms with Gasteiger partial charge >= 0.3 is 0 Å². The Morgan fingerprint density at radius 2 is 1.62 bits per heavy atom. The lowest BCUT2D eigenvalue weighted by Crippen LogP contribution is -2.54. The molecule has 1 saturated heterocycles. The lowest BCUT2D eigenvalue weighted by molar-refractivity contribution is 0.0887. The van der Waals surface area contributed by atoms with Crippen LogP contribution >= 0.6 is 0 Å². The summed E-state index contributed by atoms with van der Waals surface area (Å²) in [6.45, 7) is 8.60. The maximum Gasteiger partial charge on any atom is 0.272 e. The lowest BCUT2D eigenvalue weighted by atomic mass is 9.91. The van der Waals surface area contributed by atoms with E-state index in [0.29, 0.717) is 36.4 Å². The largest absolute Gasteiger partial charge is 0.438 e. The van der Waals surface area contributed by atoms with Crippen molar-refractivity contribution in [3.63, 3.8) is 0 Å². The number of ether oxygens (including phenoxy) is 1. The van der Waals surface area contributed by atoms with Gasteiger partial charge in [0.05, 0.1) is 6.20 Å². The average Bonchev–Trinajstić information content (AvgIpc) is 3.58. The Morgan fingerprint density at radius 3 is 2.37 bits per heavy atom. The molecule has 0 radical (unpaired) electrons. The van der Waals surface area contributed by atoms with Gasteiger partial charge in [-0.2, -0.15) is 5.10 Å². The highest BCUT2D eigenvalue weighted by Crippen LogP contribution is 2.30. The predicted octanol–water partition coefficient (Wildman–Crippen LogP) is 6.30. The number of pyridine rings is 1. The highest BCUT2D eigenvalue weighted by Gasteiger charge is 2.27. The van der Waals surface area contributed by atoms with Crippen molar-refractivity contribution in [1.82, 2.24) is 35.6 Å². The Labute approximate surface area is 305 Å². The van der Waals surface area contributed by atoms with Crippen LogP contribution in [0.5, 0.6) is 11.6 Å². The third-order valence-electron chi connectivity index (χ3n) is 10.5. The van der Waals surface area contributed by atoms with Gasteiger partial charge in [-0.15, -0.1) is 0 Å². The van der Waals surface area contributed by atoms with Crippen molar-refractivity contribution in [3.05, 3.63) is 95.2 Å². The number of aromatic nitrogens is 3. The summed E-state index contributed by atoms with van der Waals surface area (Å²) < 4.78 is 22.5. The first-order chi connectivity index (χ1) is 25.3. The molecule has 2 aliphatic heterocycles. The third-order valence-corrected chi connectivity index (χ3v) is 10.5. The monoisotopic (exact) mass is 707 g/mol. The minimum Gasteiger partial charge on any atom is -0.438 e. The molecule has 0 bridgehead atoms. The van der Waals surface area contributed by atoms with Crippen LogP contribution in [0.15, 0.2) is 66.9 Å². The molecular formula is C41H50FN7O3. The highest BCUT2D eigenvalue weighted by molar-refractivity contribution is 5.96. The quantitative estimate of drug-likeness (QED) is 0.168. The number of hydrogen-bond donors (Lipinski definition) is 3. The van der Waals surface area contributed by atoms with Crippen molar-refractivity contribution < 1.29 is 18.7 Å². The zero-order valence-corrected chi connectivity index (χ0v) is 30.2. The summed E-state index contributed by atoms with van der Waals surface area (Å²) in [6, 6.07) is 20.2. The van der Waals surface area contributed by atoms with Gasteiger partial charge in [-0.05, 0) is 119 Å². The minimum atomic E-state index is -0.614. The number of halogens is 1. The minimum absolute atomic E-state index is 0.00671. The number of nitrogens with zero attached hydrogens (tertiary/aromatic N) is 4. The fraction of sp³-hybridized carbons (Fsp3) is 0.463. The van der Waals surface area contributed by atoms with Crippen molar-refractivity contribution >= 4 is 11.8 Å². The Bertz CT molecular complexity index is 1840. The molecule has 274 valence electrons. The average molecular weight is 708 g/mol. The molecule has 4 heterocycles. The van der Waals surface area contributed by atoms with E-state index < -0.39 is 11.7 Å². The molecule has 52 heavy (non-hydrogen) atoms. The maximum atomic E-state index is 14.4. The fourth-order valence-corrected chi connectivity index (χ4v) is 7.99.